The zero-order valence-corrected chi connectivity index (χ0v) is 11.2. The van der Waals surface area contributed by atoms with Gasteiger partial charge in [0.05, 0.1) is 6.04 Å². The lowest BCUT2D eigenvalue weighted by molar-refractivity contribution is 0.0524. The van der Waals surface area contributed by atoms with E-state index >= 15 is 0 Å². The number of aromatic hydroxyl groups is 1. The molecule has 1 aromatic rings. The van der Waals surface area contributed by atoms with Gasteiger partial charge in [-0.15, -0.1) is 0 Å². The number of hydrogen-bond acceptors (Lipinski definition) is 4. The second kappa shape index (κ2) is 5.88. The second-order valence-electron chi connectivity index (χ2n) is 5.17. The van der Waals surface area contributed by atoms with Gasteiger partial charge in [-0.2, -0.15) is 0 Å². The number of para-hydroxylation sites is 1. The van der Waals surface area contributed by atoms with Crippen LogP contribution in [-0.4, -0.2) is 23.3 Å². The number of carbonyl (C=O) groups excluding carboxylic acids is 1. The molecule has 0 saturated carbocycles. The summed E-state index contributed by atoms with van der Waals surface area (Å²) in [7, 11) is 0. The van der Waals surface area contributed by atoms with Gasteiger partial charge in [0.1, 0.15) is 5.60 Å². The summed E-state index contributed by atoms with van der Waals surface area (Å²) in [6.45, 7) is 5.26. The molecular weight excluding hydrogens is 251 g/mol. The van der Waals surface area contributed by atoms with E-state index in [0.717, 1.165) is 6.07 Å². The number of rotatable bonds is 3. The molecule has 5 nitrogen and oxygen atoms in total. The molecule has 0 heterocycles. The number of alkyl carbamates (subject to hydrolysis) is 1. The maximum atomic E-state index is 13.1. The van der Waals surface area contributed by atoms with Gasteiger partial charge in [0, 0.05) is 12.1 Å². The fourth-order valence-electron chi connectivity index (χ4n) is 1.45. The number of carbonyl (C=O) groups is 1. The first kappa shape index (κ1) is 15.2. The molecule has 4 N–H and O–H groups in total. The number of nitrogens with two attached hydrogens (primary N) is 1. The van der Waals surface area contributed by atoms with Crippen LogP contribution in [0, 0.1) is 5.82 Å². The highest BCUT2D eigenvalue weighted by Gasteiger charge is 2.18. The molecule has 1 rings (SSSR count). The van der Waals surface area contributed by atoms with Gasteiger partial charge in [-0.3, -0.25) is 0 Å². The maximum Gasteiger partial charge on any atom is 0.407 e. The van der Waals surface area contributed by atoms with Crippen LogP contribution in [0.25, 0.3) is 0 Å². The fourth-order valence-corrected chi connectivity index (χ4v) is 1.45. The van der Waals surface area contributed by atoms with Crippen molar-refractivity contribution in [3.05, 3.63) is 29.6 Å². The van der Waals surface area contributed by atoms with Gasteiger partial charge in [-0.1, -0.05) is 12.1 Å². The van der Waals surface area contributed by atoms with Crippen LogP contribution in [0.15, 0.2) is 18.2 Å². The van der Waals surface area contributed by atoms with Gasteiger partial charge >= 0.3 is 6.09 Å². The van der Waals surface area contributed by atoms with Crippen molar-refractivity contribution < 1.29 is 19.0 Å². The van der Waals surface area contributed by atoms with E-state index in [4.69, 9.17) is 10.5 Å². The van der Waals surface area contributed by atoms with Gasteiger partial charge in [0.2, 0.25) is 0 Å². The van der Waals surface area contributed by atoms with Crippen molar-refractivity contribution in [1.29, 1.82) is 0 Å². The lowest BCUT2D eigenvalue weighted by atomic mass is 10.1. The SMILES string of the molecule is CC(C)(C)OC(=O)NCC(N)c1cccc(F)c1O. The molecule has 1 atom stereocenters. The Morgan fingerprint density at radius 3 is 2.74 bits per heavy atom. The molecule has 0 bridgehead atoms. The average Bonchev–Trinajstić information content (AvgIpc) is 2.27. The van der Waals surface area contributed by atoms with E-state index in [1.54, 1.807) is 20.8 Å². The highest BCUT2D eigenvalue weighted by Crippen LogP contribution is 2.25. The first-order valence-electron chi connectivity index (χ1n) is 5.90. The van der Waals surface area contributed by atoms with Crippen LogP contribution in [0.3, 0.4) is 0 Å². The predicted octanol–water partition coefficient (Wildman–Crippen LogP) is 2.06. The summed E-state index contributed by atoms with van der Waals surface area (Å²) in [5, 5.41) is 12.0. The number of hydrogen-bond donors (Lipinski definition) is 3. The smallest absolute Gasteiger partial charge is 0.407 e. The highest BCUT2D eigenvalue weighted by molar-refractivity contribution is 5.67. The predicted molar refractivity (Wildman–Crippen MR) is 69.2 cm³/mol. The standard InChI is InChI=1S/C13H19FN2O3/c1-13(2,3)19-12(18)16-7-10(15)8-5-4-6-9(14)11(8)17/h4-6,10,17H,7,15H2,1-3H3,(H,16,18). The third kappa shape index (κ3) is 4.75. The zero-order chi connectivity index (χ0) is 14.6. The van der Waals surface area contributed by atoms with Crippen molar-refractivity contribution in [2.24, 2.45) is 5.73 Å². The number of halogens is 1. The van der Waals surface area contributed by atoms with Gasteiger partial charge < -0.3 is 20.9 Å². The molecule has 0 aliphatic carbocycles. The van der Waals surface area contributed by atoms with Crippen molar-refractivity contribution >= 4 is 6.09 Å². The van der Waals surface area contributed by atoms with E-state index in [2.05, 4.69) is 5.32 Å². The Kier molecular flexibility index (Phi) is 4.72. The maximum absolute atomic E-state index is 13.1. The molecular formula is C13H19FN2O3. The molecule has 0 saturated heterocycles. The number of phenolic OH excluding ortho intramolecular Hbond substituents is 1. The van der Waals surface area contributed by atoms with Gasteiger partial charge in [0.25, 0.3) is 0 Å². The summed E-state index contributed by atoms with van der Waals surface area (Å²) >= 11 is 0. The van der Waals surface area contributed by atoms with Crippen molar-refractivity contribution in [3.8, 4) is 5.75 Å². The molecule has 0 aliphatic rings. The van der Waals surface area contributed by atoms with E-state index in [-0.39, 0.29) is 12.1 Å². The normalized spacial score (nSPS) is 12.9. The van der Waals surface area contributed by atoms with E-state index in [0.29, 0.717) is 0 Å². The Morgan fingerprint density at radius 2 is 2.16 bits per heavy atom. The average molecular weight is 270 g/mol. The topological polar surface area (TPSA) is 84.6 Å². The van der Waals surface area contributed by atoms with Gasteiger partial charge in [0.15, 0.2) is 11.6 Å². The largest absolute Gasteiger partial charge is 0.505 e. The van der Waals surface area contributed by atoms with Crippen LogP contribution < -0.4 is 11.1 Å². The Hall–Kier alpha value is -1.82. The third-order valence-electron chi connectivity index (χ3n) is 2.28. The number of ether oxygens (including phenoxy) is 1. The monoisotopic (exact) mass is 270 g/mol. The first-order valence-corrected chi connectivity index (χ1v) is 5.90. The number of phenols is 1. The first-order chi connectivity index (χ1) is 8.70. The molecule has 0 spiro atoms. The molecule has 0 fully saturated rings. The highest BCUT2D eigenvalue weighted by atomic mass is 19.1. The van der Waals surface area contributed by atoms with Crippen LogP contribution in [0.1, 0.15) is 32.4 Å². The number of nitrogens with one attached hydrogen (secondary N) is 1. The molecule has 0 radical (unpaired) electrons. The van der Waals surface area contributed by atoms with E-state index in [9.17, 15) is 14.3 Å². The Bertz CT molecular complexity index is 458. The van der Waals surface area contributed by atoms with Crippen molar-refractivity contribution in [1.82, 2.24) is 5.32 Å². The number of amides is 1. The van der Waals surface area contributed by atoms with E-state index in [1.807, 2.05) is 0 Å². The van der Waals surface area contributed by atoms with Gasteiger partial charge in [-0.05, 0) is 26.8 Å². The molecule has 1 aromatic carbocycles. The summed E-state index contributed by atoms with van der Waals surface area (Å²) in [4.78, 5) is 11.4. The minimum Gasteiger partial charge on any atom is -0.505 e. The third-order valence-corrected chi connectivity index (χ3v) is 2.28. The minimum absolute atomic E-state index is 0.0337. The Balaban J connectivity index is 2.59. The molecule has 1 unspecified atom stereocenters. The van der Waals surface area contributed by atoms with E-state index < -0.39 is 29.3 Å². The second-order valence-corrected chi connectivity index (χ2v) is 5.17. The fraction of sp³-hybridized carbons (Fsp3) is 0.462. The minimum atomic E-state index is -0.745. The molecule has 0 aliphatic heterocycles. The summed E-state index contributed by atoms with van der Waals surface area (Å²) in [6.07, 6.45) is -0.612. The van der Waals surface area contributed by atoms with Crippen LogP contribution in [0.4, 0.5) is 9.18 Å². The Morgan fingerprint density at radius 1 is 1.53 bits per heavy atom. The van der Waals surface area contributed by atoms with Crippen molar-refractivity contribution in [2.75, 3.05) is 6.54 Å². The summed E-state index contributed by atoms with van der Waals surface area (Å²) in [5.74, 6) is -1.24. The molecule has 106 valence electrons. The lowest BCUT2D eigenvalue weighted by Gasteiger charge is -2.21. The summed E-state index contributed by atoms with van der Waals surface area (Å²) < 4.78 is 18.2. The van der Waals surface area contributed by atoms with Crippen LogP contribution >= 0.6 is 0 Å². The summed E-state index contributed by atoms with van der Waals surface area (Å²) in [6, 6.07) is 3.35. The lowest BCUT2D eigenvalue weighted by Crippen LogP contribution is -2.36. The van der Waals surface area contributed by atoms with Crippen LogP contribution in [0.5, 0.6) is 5.75 Å². The summed E-state index contributed by atoms with van der Waals surface area (Å²) in [5.41, 5.74) is 5.41. The molecule has 0 aromatic heterocycles. The number of benzene rings is 1. The zero-order valence-electron chi connectivity index (χ0n) is 11.2. The Labute approximate surface area is 111 Å². The quantitative estimate of drug-likeness (QED) is 0.784. The van der Waals surface area contributed by atoms with Crippen LogP contribution in [-0.2, 0) is 4.74 Å². The molecule has 19 heavy (non-hydrogen) atoms. The van der Waals surface area contributed by atoms with E-state index in [1.165, 1.54) is 12.1 Å². The van der Waals surface area contributed by atoms with Crippen molar-refractivity contribution in [2.45, 2.75) is 32.4 Å². The molecule has 1 amide bonds. The molecule has 6 heteroatoms. The van der Waals surface area contributed by atoms with Gasteiger partial charge in [-0.25, -0.2) is 9.18 Å². The van der Waals surface area contributed by atoms with Crippen molar-refractivity contribution in [3.63, 3.8) is 0 Å². The van der Waals surface area contributed by atoms with Crippen LogP contribution in [0.2, 0.25) is 0 Å².